The van der Waals surface area contributed by atoms with Crippen molar-refractivity contribution >= 4 is 63.8 Å². The van der Waals surface area contributed by atoms with Gasteiger partial charge in [-0.25, -0.2) is 9.83 Å². The molecule has 1 spiro atoms. The first kappa shape index (κ1) is 37.4. The topological polar surface area (TPSA) is 117 Å². The molecule has 5 fully saturated rings. The monoisotopic (exact) mass is 789 g/mol. The minimum atomic E-state index is -0.968. The second-order valence-electron chi connectivity index (χ2n) is 16.9. The molecule has 0 bridgehead atoms. The Morgan fingerprint density at radius 3 is 2.32 bits per heavy atom. The van der Waals surface area contributed by atoms with Gasteiger partial charge in [0.15, 0.2) is 0 Å². The number of fused-ring (bicyclic) bond motifs is 1. The van der Waals surface area contributed by atoms with Crippen LogP contribution in [0.5, 0.6) is 0 Å². The lowest BCUT2D eigenvalue weighted by Crippen LogP contribution is -2.63. The van der Waals surface area contributed by atoms with Crippen molar-refractivity contribution in [3.05, 3.63) is 82.3 Å². The number of nitrogens with zero attached hydrogens (tertiary/aromatic N) is 8. The van der Waals surface area contributed by atoms with Crippen molar-refractivity contribution in [1.29, 1.82) is 0 Å². The van der Waals surface area contributed by atoms with E-state index < -0.39 is 23.8 Å². The number of halogens is 1. The Morgan fingerprint density at radius 2 is 1.63 bits per heavy atom. The molecule has 0 aliphatic carbocycles. The van der Waals surface area contributed by atoms with Gasteiger partial charge >= 0.3 is 0 Å². The van der Waals surface area contributed by atoms with Crippen LogP contribution in [0.15, 0.2) is 54.7 Å². The number of aromatic nitrogens is 1. The van der Waals surface area contributed by atoms with Crippen LogP contribution in [0.2, 0.25) is 5.02 Å². The van der Waals surface area contributed by atoms with Gasteiger partial charge in [-0.3, -0.25) is 34.3 Å². The van der Waals surface area contributed by atoms with Gasteiger partial charge in [0.05, 0.1) is 35.6 Å². The van der Waals surface area contributed by atoms with Crippen LogP contribution < -0.4 is 24.9 Å². The predicted octanol–water partition coefficient (Wildman–Crippen LogP) is 5.36. The fourth-order valence-electron chi connectivity index (χ4n) is 10.2. The maximum absolute atomic E-state index is 13.4. The molecule has 0 radical (unpaired) electrons. The lowest BCUT2D eigenvalue weighted by Gasteiger charge is -2.50. The minimum absolute atomic E-state index is 0.0979. The van der Waals surface area contributed by atoms with Gasteiger partial charge in [-0.2, -0.15) is 0 Å². The van der Waals surface area contributed by atoms with Crippen molar-refractivity contribution in [2.45, 2.75) is 76.0 Å². The van der Waals surface area contributed by atoms with E-state index in [1.165, 1.54) is 12.1 Å². The molecular weight excluding hydrogens is 742 g/mol. The van der Waals surface area contributed by atoms with E-state index in [4.69, 9.17) is 23.2 Å². The third-order valence-electron chi connectivity index (χ3n) is 13.6. The lowest BCUT2D eigenvalue weighted by atomic mass is 9.76. The maximum Gasteiger partial charge on any atom is 0.262 e. The summed E-state index contributed by atoms with van der Waals surface area (Å²) in [6.07, 6.45) is 7.89. The van der Waals surface area contributed by atoms with Crippen molar-refractivity contribution in [3.63, 3.8) is 0 Å². The van der Waals surface area contributed by atoms with E-state index in [1.54, 1.807) is 12.1 Å². The first-order valence-electron chi connectivity index (χ1n) is 20.2. The van der Waals surface area contributed by atoms with Gasteiger partial charge in [-0.15, -0.1) is 0 Å². The van der Waals surface area contributed by atoms with Crippen LogP contribution in [0, 0.1) is 12.0 Å². The summed E-state index contributed by atoms with van der Waals surface area (Å²) in [5, 5.41) is 2.78. The first-order chi connectivity index (χ1) is 27.5. The summed E-state index contributed by atoms with van der Waals surface area (Å²) in [4.78, 5) is 72.1. The van der Waals surface area contributed by atoms with Gasteiger partial charge < -0.3 is 19.6 Å². The number of benzene rings is 2. The van der Waals surface area contributed by atoms with Crippen LogP contribution >= 0.6 is 11.6 Å². The highest BCUT2D eigenvalue weighted by atomic mass is 35.5. The van der Waals surface area contributed by atoms with Crippen LogP contribution in [0.1, 0.15) is 72.6 Å². The smallest absolute Gasteiger partial charge is 0.262 e. The highest BCUT2D eigenvalue weighted by Gasteiger charge is 2.46. The Hall–Kier alpha value is -5.19. The van der Waals surface area contributed by atoms with Gasteiger partial charge in [-0.1, -0.05) is 17.7 Å². The van der Waals surface area contributed by atoms with E-state index in [1.807, 2.05) is 31.3 Å². The number of hydrogen-bond donors (Lipinski definition) is 1. The number of anilines is 4. The second kappa shape index (κ2) is 14.6. The molecule has 13 nitrogen and oxygen atoms in total. The standard InChI is InChI=1S/C43H48ClN9O4/c1-27-22-43(26-52(27)30-5-8-36(45-2)35(44)21-30)14-18-49(19-15-43)31-6-10-38(46-23-31)50-16-12-28(13-17-50)51-24-32(25-51)48(3)29-4-7-33-34(20-29)42(57)53(41(33)56)37-9-11-39(54)47-40(37)55/h4-8,10,20-21,23,27-28,32,37H,9,11-19,22,24-26H2,1,3H3,(H,47,54,55)/t27-,37?/m0/s1. The van der Waals surface area contributed by atoms with Crippen LogP contribution in [0.25, 0.3) is 4.85 Å². The molecule has 4 amide bonds. The quantitative estimate of drug-likeness (QED) is 0.248. The molecule has 2 aromatic carbocycles. The van der Waals surface area contributed by atoms with Crippen LogP contribution in [0.3, 0.4) is 0 Å². The fourth-order valence-corrected chi connectivity index (χ4v) is 10.4. The number of rotatable bonds is 7. The van der Waals surface area contributed by atoms with E-state index in [-0.39, 0.29) is 30.2 Å². The Labute approximate surface area is 338 Å². The SMILES string of the molecule is [C-]#[N+]c1ccc(N2CC3(CCN(c4ccc(N5CCC(N6CC(N(C)c7ccc8c(c7)C(=O)N(C7CCC(=O)NC7=O)C8=O)C6)CC5)nc4)CC3)C[C@@H]2C)cc1Cl. The predicted molar refractivity (Wildman–Crippen MR) is 219 cm³/mol. The summed E-state index contributed by atoms with van der Waals surface area (Å²) in [5.41, 5.74) is 4.57. The molecule has 14 heteroatoms. The number of carbonyl (C=O) groups excluding carboxylic acids is 4. The van der Waals surface area contributed by atoms with Crippen LogP contribution in [-0.4, -0.2) is 115 Å². The molecule has 0 saturated carbocycles. The molecule has 5 saturated heterocycles. The highest BCUT2D eigenvalue weighted by Crippen LogP contribution is 2.46. The number of amides is 4. The number of piperidine rings is 3. The largest absolute Gasteiger partial charge is 0.370 e. The second-order valence-corrected chi connectivity index (χ2v) is 17.3. The van der Waals surface area contributed by atoms with Crippen molar-refractivity contribution in [2.24, 2.45) is 5.41 Å². The number of likely N-dealkylation sites (tertiary alicyclic amines) is 1. The van der Waals surface area contributed by atoms with E-state index in [0.717, 1.165) is 93.6 Å². The molecular formula is C43H48ClN9O4. The van der Waals surface area contributed by atoms with Crippen molar-refractivity contribution in [1.82, 2.24) is 20.1 Å². The average Bonchev–Trinajstić information content (AvgIpc) is 3.65. The zero-order valence-corrected chi connectivity index (χ0v) is 33.2. The third-order valence-corrected chi connectivity index (χ3v) is 13.9. The maximum atomic E-state index is 13.4. The van der Waals surface area contributed by atoms with E-state index in [2.05, 4.69) is 59.9 Å². The van der Waals surface area contributed by atoms with Crippen molar-refractivity contribution < 1.29 is 19.2 Å². The van der Waals surface area contributed by atoms with Gasteiger partial charge in [0.25, 0.3) is 11.8 Å². The Balaban J connectivity index is 0.738. The first-order valence-corrected chi connectivity index (χ1v) is 20.6. The van der Waals surface area contributed by atoms with Gasteiger partial charge in [0.1, 0.15) is 11.9 Å². The average molecular weight is 790 g/mol. The number of likely N-dealkylation sites (N-methyl/N-ethyl adjacent to an activating group) is 1. The zero-order valence-electron chi connectivity index (χ0n) is 32.5. The van der Waals surface area contributed by atoms with Gasteiger partial charge in [0, 0.05) is 87.8 Å². The number of hydrogen-bond acceptors (Lipinski definition) is 10. The Kier molecular flexibility index (Phi) is 9.60. The summed E-state index contributed by atoms with van der Waals surface area (Å²) < 4.78 is 0. The lowest BCUT2D eigenvalue weighted by molar-refractivity contribution is -0.136. The molecule has 296 valence electrons. The molecule has 7 heterocycles. The minimum Gasteiger partial charge on any atom is -0.370 e. The number of imide groups is 2. The summed E-state index contributed by atoms with van der Waals surface area (Å²) in [5.74, 6) is -0.913. The van der Waals surface area contributed by atoms with Crippen molar-refractivity contribution in [3.8, 4) is 0 Å². The molecule has 6 aliphatic rings. The molecule has 3 aromatic rings. The zero-order chi connectivity index (χ0) is 39.6. The summed E-state index contributed by atoms with van der Waals surface area (Å²) in [6, 6.07) is 15.8. The number of carbonyl (C=O) groups is 4. The van der Waals surface area contributed by atoms with Crippen LogP contribution in [-0.2, 0) is 9.59 Å². The molecule has 1 unspecified atom stereocenters. The summed E-state index contributed by atoms with van der Waals surface area (Å²) >= 11 is 6.39. The highest BCUT2D eigenvalue weighted by molar-refractivity contribution is 6.33. The molecule has 6 aliphatic heterocycles. The summed E-state index contributed by atoms with van der Waals surface area (Å²) in [6.45, 7) is 16.5. The third kappa shape index (κ3) is 6.76. The van der Waals surface area contributed by atoms with E-state index in [0.29, 0.717) is 33.9 Å². The fraction of sp³-hybridized carbons (Fsp3) is 0.488. The Morgan fingerprint density at radius 1 is 0.895 bits per heavy atom. The molecule has 1 N–H and O–H groups in total. The Bertz CT molecular complexity index is 2150. The van der Waals surface area contributed by atoms with Crippen LogP contribution in [0.4, 0.5) is 28.6 Å². The molecule has 1 aromatic heterocycles. The normalized spacial score (nSPS) is 24.2. The number of pyridine rings is 1. The number of nitrogens with one attached hydrogen (secondary N) is 1. The molecule has 2 atom stereocenters. The summed E-state index contributed by atoms with van der Waals surface area (Å²) in [7, 11) is 2.03. The van der Waals surface area contributed by atoms with Gasteiger partial charge in [-0.05, 0) is 93.3 Å². The van der Waals surface area contributed by atoms with Crippen molar-refractivity contribution in [2.75, 3.05) is 72.5 Å². The molecule has 57 heavy (non-hydrogen) atoms. The van der Waals surface area contributed by atoms with Gasteiger partial charge in [0.2, 0.25) is 17.5 Å². The van der Waals surface area contributed by atoms with E-state index in [9.17, 15) is 19.2 Å². The van der Waals surface area contributed by atoms with E-state index >= 15 is 0 Å². The molecule has 9 rings (SSSR count).